The van der Waals surface area contributed by atoms with Crippen LogP contribution in [0.25, 0.3) is 0 Å². The second-order valence-corrected chi connectivity index (χ2v) is 5.64. The molecule has 0 unspecified atom stereocenters. The molecule has 5 heteroatoms. The Morgan fingerprint density at radius 3 is 2.33 bits per heavy atom. The van der Waals surface area contributed by atoms with Crippen LogP contribution in [0.2, 0.25) is 5.02 Å². The third-order valence-electron chi connectivity index (χ3n) is 2.32. The maximum Gasteiger partial charge on any atom is 0.101 e. The first-order chi connectivity index (χ1) is 8.61. The molecule has 2 aromatic rings. The molecule has 0 spiro atoms. The van der Waals surface area contributed by atoms with E-state index in [1.54, 1.807) is 12.1 Å². The maximum absolute atomic E-state index is 8.82. The molecule has 0 fully saturated rings. The zero-order valence-electron chi connectivity index (χ0n) is 9.05. The highest BCUT2D eigenvalue weighted by Crippen LogP contribution is 2.33. The van der Waals surface area contributed by atoms with Gasteiger partial charge in [0, 0.05) is 14.6 Å². The number of nitriles is 1. The Bertz CT molecular complexity index is 615. The van der Waals surface area contributed by atoms with Gasteiger partial charge in [0.15, 0.2) is 0 Å². The maximum atomic E-state index is 8.82. The molecule has 0 heterocycles. The minimum Gasteiger partial charge on any atom is -0.354 e. The molecule has 2 rings (SSSR count). The molecule has 0 aliphatic rings. The van der Waals surface area contributed by atoms with Crippen LogP contribution in [0.15, 0.2) is 45.3 Å². The third-order valence-corrected chi connectivity index (χ3v) is 3.96. The van der Waals surface area contributed by atoms with Crippen LogP contribution in [0.4, 0.5) is 11.4 Å². The second kappa shape index (κ2) is 5.75. The Kier molecular flexibility index (Phi) is 4.28. The number of hydrogen-bond acceptors (Lipinski definition) is 2. The van der Waals surface area contributed by atoms with E-state index in [0.29, 0.717) is 10.6 Å². The highest BCUT2D eigenvalue weighted by molar-refractivity contribution is 9.11. The van der Waals surface area contributed by atoms with Crippen LogP contribution in [0.1, 0.15) is 5.56 Å². The molecule has 0 saturated heterocycles. The summed E-state index contributed by atoms with van der Waals surface area (Å²) in [6.07, 6.45) is 0. The van der Waals surface area contributed by atoms with Crippen molar-refractivity contribution in [2.45, 2.75) is 0 Å². The number of hydrogen-bond donors (Lipinski definition) is 1. The van der Waals surface area contributed by atoms with Crippen molar-refractivity contribution in [1.82, 2.24) is 0 Å². The molecule has 90 valence electrons. The predicted octanol–water partition coefficient (Wildman–Crippen LogP) is 5.48. The van der Waals surface area contributed by atoms with E-state index < -0.39 is 0 Å². The second-order valence-electron chi connectivity index (χ2n) is 3.53. The first-order valence-corrected chi connectivity index (χ1v) is 6.99. The normalized spacial score (nSPS) is 9.89. The Balaban J connectivity index is 2.35. The lowest BCUT2D eigenvalue weighted by atomic mass is 10.2. The highest BCUT2D eigenvalue weighted by Gasteiger charge is 2.06. The number of anilines is 2. The molecule has 0 radical (unpaired) electrons. The molecule has 0 amide bonds. The lowest BCUT2D eigenvalue weighted by molar-refractivity contribution is 1.46. The van der Waals surface area contributed by atoms with Crippen LogP contribution in [0, 0.1) is 11.3 Å². The van der Waals surface area contributed by atoms with E-state index in [2.05, 4.69) is 37.2 Å². The van der Waals surface area contributed by atoms with Gasteiger partial charge in [-0.3, -0.25) is 0 Å². The molecular weight excluding hydrogens is 379 g/mol. The third kappa shape index (κ3) is 2.86. The van der Waals surface area contributed by atoms with E-state index in [1.165, 1.54) is 0 Å². The monoisotopic (exact) mass is 384 g/mol. The highest BCUT2D eigenvalue weighted by atomic mass is 79.9. The van der Waals surface area contributed by atoms with Gasteiger partial charge in [-0.2, -0.15) is 5.26 Å². The van der Waals surface area contributed by atoms with E-state index >= 15 is 0 Å². The van der Waals surface area contributed by atoms with Crippen LogP contribution in [-0.4, -0.2) is 0 Å². The van der Waals surface area contributed by atoms with Crippen molar-refractivity contribution < 1.29 is 0 Å². The minimum atomic E-state index is 0.436. The summed E-state index contributed by atoms with van der Waals surface area (Å²) < 4.78 is 1.88. The Morgan fingerprint density at radius 1 is 1.11 bits per heavy atom. The van der Waals surface area contributed by atoms with Gasteiger partial charge < -0.3 is 5.32 Å². The summed E-state index contributed by atoms with van der Waals surface area (Å²) in [6, 6.07) is 13.1. The van der Waals surface area contributed by atoms with Crippen LogP contribution in [0.3, 0.4) is 0 Å². The zero-order chi connectivity index (χ0) is 13.1. The zero-order valence-corrected chi connectivity index (χ0v) is 13.0. The van der Waals surface area contributed by atoms with Crippen molar-refractivity contribution in [3.05, 3.63) is 55.9 Å². The summed E-state index contributed by atoms with van der Waals surface area (Å²) in [5.74, 6) is 0. The van der Waals surface area contributed by atoms with Crippen molar-refractivity contribution in [2.75, 3.05) is 5.32 Å². The van der Waals surface area contributed by atoms with E-state index in [0.717, 1.165) is 20.3 Å². The Hall–Kier alpha value is -1.02. The topological polar surface area (TPSA) is 35.8 Å². The van der Waals surface area contributed by atoms with Gasteiger partial charge in [-0.25, -0.2) is 0 Å². The summed E-state index contributed by atoms with van der Waals surface area (Å²) >= 11 is 12.9. The van der Waals surface area contributed by atoms with Crippen molar-refractivity contribution >= 4 is 54.8 Å². The number of benzene rings is 2. The SMILES string of the molecule is N#Cc1ccc(Nc2c(Br)cccc2Br)cc1Cl. The molecule has 0 atom stereocenters. The number of para-hydroxylation sites is 1. The molecule has 0 saturated carbocycles. The quantitative estimate of drug-likeness (QED) is 0.742. The first kappa shape index (κ1) is 13.4. The van der Waals surface area contributed by atoms with Gasteiger partial charge in [-0.05, 0) is 62.2 Å². The van der Waals surface area contributed by atoms with Gasteiger partial charge in [0.25, 0.3) is 0 Å². The fraction of sp³-hybridized carbons (Fsp3) is 0. The fourth-order valence-electron chi connectivity index (χ4n) is 1.45. The molecule has 1 N–H and O–H groups in total. The summed E-state index contributed by atoms with van der Waals surface area (Å²) in [6.45, 7) is 0. The first-order valence-electron chi connectivity index (χ1n) is 5.02. The van der Waals surface area contributed by atoms with E-state index in [-0.39, 0.29) is 0 Å². The molecular formula is C13H7Br2ClN2. The molecule has 0 bridgehead atoms. The van der Waals surface area contributed by atoms with Crippen molar-refractivity contribution in [3.63, 3.8) is 0 Å². The molecule has 0 aromatic heterocycles. The number of rotatable bonds is 2. The van der Waals surface area contributed by atoms with Crippen LogP contribution < -0.4 is 5.32 Å². The largest absolute Gasteiger partial charge is 0.354 e. The van der Waals surface area contributed by atoms with Gasteiger partial charge in [-0.15, -0.1) is 0 Å². The van der Waals surface area contributed by atoms with Gasteiger partial charge in [0.1, 0.15) is 6.07 Å². The van der Waals surface area contributed by atoms with Gasteiger partial charge in [0.2, 0.25) is 0 Å². The predicted molar refractivity (Wildman–Crippen MR) is 81.3 cm³/mol. The van der Waals surface area contributed by atoms with Crippen LogP contribution >= 0.6 is 43.5 Å². The van der Waals surface area contributed by atoms with Crippen molar-refractivity contribution in [1.29, 1.82) is 5.26 Å². The summed E-state index contributed by atoms with van der Waals surface area (Å²) in [7, 11) is 0. The number of nitrogens with zero attached hydrogens (tertiary/aromatic N) is 1. The standard InChI is InChI=1S/C13H7Br2ClN2/c14-10-2-1-3-11(15)13(10)18-9-5-4-8(7-17)12(16)6-9/h1-6,18H. The number of nitrogens with one attached hydrogen (secondary N) is 1. The Morgan fingerprint density at radius 2 is 1.78 bits per heavy atom. The number of halogens is 3. The van der Waals surface area contributed by atoms with Crippen LogP contribution in [-0.2, 0) is 0 Å². The van der Waals surface area contributed by atoms with E-state index in [4.69, 9.17) is 16.9 Å². The van der Waals surface area contributed by atoms with Crippen molar-refractivity contribution in [3.8, 4) is 6.07 Å². The lowest BCUT2D eigenvalue weighted by Crippen LogP contribution is -1.93. The average molecular weight is 386 g/mol. The smallest absolute Gasteiger partial charge is 0.101 e. The van der Waals surface area contributed by atoms with Gasteiger partial charge >= 0.3 is 0 Å². The molecule has 2 aromatic carbocycles. The lowest BCUT2D eigenvalue weighted by Gasteiger charge is -2.11. The Labute approximate surface area is 127 Å². The summed E-state index contributed by atoms with van der Waals surface area (Å²) in [5, 5.41) is 12.5. The molecule has 2 nitrogen and oxygen atoms in total. The molecule has 0 aliphatic heterocycles. The van der Waals surface area contributed by atoms with E-state index in [9.17, 15) is 0 Å². The molecule has 0 aliphatic carbocycles. The summed E-state index contributed by atoms with van der Waals surface area (Å²) in [5.41, 5.74) is 2.21. The average Bonchev–Trinajstić information content (AvgIpc) is 2.34. The minimum absolute atomic E-state index is 0.436. The van der Waals surface area contributed by atoms with Crippen LogP contribution in [0.5, 0.6) is 0 Å². The summed E-state index contributed by atoms with van der Waals surface area (Å²) in [4.78, 5) is 0. The van der Waals surface area contributed by atoms with Crippen molar-refractivity contribution in [2.24, 2.45) is 0 Å². The molecule has 18 heavy (non-hydrogen) atoms. The fourth-order valence-corrected chi connectivity index (χ4v) is 2.86. The van der Waals surface area contributed by atoms with E-state index in [1.807, 2.05) is 30.3 Å². The van der Waals surface area contributed by atoms with Gasteiger partial charge in [0.05, 0.1) is 16.3 Å². The van der Waals surface area contributed by atoms with Gasteiger partial charge in [-0.1, -0.05) is 17.7 Å².